The minimum absolute atomic E-state index is 0.263. The Morgan fingerprint density at radius 3 is 2.42 bits per heavy atom. The van der Waals surface area contributed by atoms with E-state index in [2.05, 4.69) is 66.3 Å². The van der Waals surface area contributed by atoms with E-state index in [0.717, 1.165) is 30.5 Å². The molecule has 0 fully saturated rings. The molecule has 0 saturated carbocycles. The van der Waals surface area contributed by atoms with Gasteiger partial charge in [-0.05, 0) is 36.0 Å². The number of halogens is 1. The summed E-state index contributed by atoms with van der Waals surface area (Å²) in [6.45, 7) is 8.62. The molecule has 1 atom stereocenters. The first-order chi connectivity index (χ1) is 8.98. The molecule has 1 aromatic rings. The highest BCUT2D eigenvalue weighted by Gasteiger charge is 2.19. The van der Waals surface area contributed by atoms with Crippen molar-refractivity contribution < 1.29 is 4.74 Å². The number of methoxy groups -OCH3 is 1. The summed E-state index contributed by atoms with van der Waals surface area (Å²) >= 11 is 3.48. The van der Waals surface area contributed by atoms with Crippen LogP contribution in [0.3, 0.4) is 0 Å². The number of hydrogen-bond donors (Lipinski definition) is 1. The molecule has 1 unspecified atom stereocenters. The molecule has 0 aliphatic rings. The second kappa shape index (κ2) is 8.03. The standard InChI is InChI=1S/C16H26BrNO/c1-5-15(13-6-8-14(17)9-7-13)18-12-16(2,3)10-11-19-4/h6-9,15,18H,5,10-12H2,1-4H3. The Labute approximate surface area is 126 Å². The molecule has 0 heterocycles. The van der Waals surface area contributed by atoms with Gasteiger partial charge in [-0.25, -0.2) is 0 Å². The van der Waals surface area contributed by atoms with Gasteiger partial charge in [0.25, 0.3) is 0 Å². The van der Waals surface area contributed by atoms with E-state index in [4.69, 9.17) is 4.74 Å². The van der Waals surface area contributed by atoms with Crippen molar-refractivity contribution in [3.8, 4) is 0 Å². The van der Waals surface area contributed by atoms with E-state index >= 15 is 0 Å². The SMILES string of the molecule is CCC(NCC(C)(C)CCOC)c1ccc(Br)cc1. The van der Waals surface area contributed by atoms with E-state index in [-0.39, 0.29) is 5.41 Å². The van der Waals surface area contributed by atoms with Crippen LogP contribution in [-0.2, 0) is 4.74 Å². The Hall–Kier alpha value is -0.380. The fourth-order valence-corrected chi connectivity index (χ4v) is 2.32. The van der Waals surface area contributed by atoms with Crippen LogP contribution in [0.1, 0.15) is 45.2 Å². The number of hydrogen-bond acceptors (Lipinski definition) is 2. The first kappa shape index (κ1) is 16.7. The van der Waals surface area contributed by atoms with Crippen molar-refractivity contribution in [2.45, 2.75) is 39.7 Å². The fourth-order valence-electron chi connectivity index (χ4n) is 2.06. The fraction of sp³-hybridized carbons (Fsp3) is 0.625. The molecular formula is C16H26BrNO. The Morgan fingerprint density at radius 2 is 1.89 bits per heavy atom. The minimum Gasteiger partial charge on any atom is -0.385 e. The van der Waals surface area contributed by atoms with Crippen LogP contribution in [-0.4, -0.2) is 20.3 Å². The predicted molar refractivity (Wildman–Crippen MR) is 85.5 cm³/mol. The lowest BCUT2D eigenvalue weighted by atomic mass is 9.89. The molecule has 108 valence electrons. The lowest BCUT2D eigenvalue weighted by Gasteiger charge is -2.28. The van der Waals surface area contributed by atoms with Gasteiger partial charge in [-0.1, -0.05) is 48.8 Å². The molecule has 0 aliphatic heterocycles. The van der Waals surface area contributed by atoms with Gasteiger partial charge in [-0.2, -0.15) is 0 Å². The van der Waals surface area contributed by atoms with Crippen molar-refractivity contribution in [2.24, 2.45) is 5.41 Å². The van der Waals surface area contributed by atoms with E-state index in [1.54, 1.807) is 7.11 Å². The van der Waals surface area contributed by atoms with Gasteiger partial charge < -0.3 is 10.1 Å². The van der Waals surface area contributed by atoms with Gasteiger partial charge in [-0.3, -0.25) is 0 Å². The van der Waals surface area contributed by atoms with E-state index in [9.17, 15) is 0 Å². The minimum atomic E-state index is 0.263. The first-order valence-corrected chi connectivity index (χ1v) is 7.75. The third kappa shape index (κ3) is 6.07. The Kier molecular flexibility index (Phi) is 7.05. The Bertz CT molecular complexity index is 362. The molecule has 0 amide bonds. The zero-order chi connectivity index (χ0) is 14.3. The van der Waals surface area contributed by atoms with Gasteiger partial charge in [0, 0.05) is 30.8 Å². The van der Waals surface area contributed by atoms with E-state index in [1.165, 1.54) is 5.56 Å². The quantitative estimate of drug-likeness (QED) is 0.756. The van der Waals surface area contributed by atoms with Crippen LogP contribution in [0.2, 0.25) is 0 Å². The van der Waals surface area contributed by atoms with Gasteiger partial charge >= 0.3 is 0 Å². The molecule has 0 aliphatic carbocycles. The number of benzene rings is 1. The van der Waals surface area contributed by atoms with Crippen molar-refractivity contribution in [3.63, 3.8) is 0 Å². The molecule has 2 nitrogen and oxygen atoms in total. The Balaban J connectivity index is 2.55. The largest absolute Gasteiger partial charge is 0.385 e. The predicted octanol–water partition coefficient (Wildman–Crippen LogP) is 4.55. The van der Waals surface area contributed by atoms with Crippen molar-refractivity contribution in [2.75, 3.05) is 20.3 Å². The zero-order valence-corrected chi connectivity index (χ0v) is 14.1. The molecule has 3 heteroatoms. The maximum absolute atomic E-state index is 5.18. The second-order valence-corrected chi connectivity index (χ2v) is 6.72. The van der Waals surface area contributed by atoms with Gasteiger partial charge in [0.15, 0.2) is 0 Å². The third-order valence-corrected chi connectivity index (χ3v) is 4.02. The van der Waals surface area contributed by atoms with E-state index in [0.29, 0.717) is 6.04 Å². The summed E-state index contributed by atoms with van der Waals surface area (Å²) in [5, 5.41) is 3.68. The average molecular weight is 328 g/mol. The van der Waals surface area contributed by atoms with Crippen molar-refractivity contribution in [1.29, 1.82) is 0 Å². The lowest BCUT2D eigenvalue weighted by Crippen LogP contribution is -2.33. The topological polar surface area (TPSA) is 21.3 Å². The highest BCUT2D eigenvalue weighted by Crippen LogP contribution is 2.23. The number of ether oxygens (including phenoxy) is 1. The lowest BCUT2D eigenvalue weighted by molar-refractivity contribution is 0.148. The number of rotatable bonds is 8. The van der Waals surface area contributed by atoms with Crippen LogP contribution >= 0.6 is 15.9 Å². The van der Waals surface area contributed by atoms with Crippen LogP contribution in [0.4, 0.5) is 0 Å². The van der Waals surface area contributed by atoms with Crippen LogP contribution in [0.5, 0.6) is 0 Å². The zero-order valence-electron chi connectivity index (χ0n) is 12.5. The summed E-state index contributed by atoms with van der Waals surface area (Å²) in [4.78, 5) is 0. The van der Waals surface area contributed by atoms with Crippen LogP contribution in [0.15, 0.2) is 28.7 Å². The summed E-state index contributed by atoms with van der Waals surface area (Å²) in [5.74, 6) is 0. The van der Waals surface area contributed by atoms with Gasteiger partial charge in [-0.15, -0.1) is 0 Å². The van der Waals surface area contributed by atoms with Crippen molar-refractivity contribution in [1.82, 2.24) is 5.32 Å². The normalized spacial score (nSPS) is 13.5. The first-order valence-electron chi connectivity index (χ1n) is 6.96. The summed E-state index contributed by atoms with van der Waals surface area (Å²) in [7, 11) is 1.76. The molecule has 0 saturated heterocycles. The summed E-state index contributed by atoms with van der Waals surface area (Å²) in [6.07, 6.45) is 2.18. The number of nitrogens with one attached hydrogen (secondary N) is 1. The summed E-state index contributed by atoms with van der Waals surface area (Å²) in [5.41, 5.74) is 1.62. The van der Waals surface area contributed by atoms with Crippen LogP contribution < -0.4 is 5.32 Å². The average Bonchev–Trinajstić information content (AvgIpc) is 2.39. The van der Waals surface area contributed by atoms with Crippen LogP contribution in [0, 0.1) is 5.41 Å². The highest BCUT2D eigenvalue weighted by molar-refractivity contribution is 9.10. The highest BCUT2D eigenvalue weighted by atomic mass is 79.9. The molecule has 1 aromatic carbocycles. The van der Waals surface area contributed by atoms with Gasteiger partial charge in [0.1, 0.15) is 0 Å². The molecule has 1 rings (SSSR count). The molecule has 0 spiro atoms. The molecule has 1 N–H and O–H groups in total. The Morgan fingerprint density at radius 1 is 1.26 bits per heavy atom. The van der Waals surface area contributed by atoms with Crippen molar-refractivity contribution >= 4 is 15.9 Å². The molecule has 0 radical (unpaired) electrons. The van der Waals surface area contributed by atoms with E-state index in [1.807, 2.05) is 0 Å². The maximum Gasteiger partial charge on any atom is 0.0467 e. The monoisotopic (exact) mass is 327 g/mol. The molecular weight excluding hydrogens is 302 g/mol. The summed E-state index contributed by atoms with van der Waals surface area (Å²) in [6, 6.07) is 9.02. The summed E-state index contributed by atoms with van der Waals surface area (Å²) < 4.78 is 6.31. The van der Waals surface area contributed by atoms with Gasteiger partial charge in [0.05, 0.1) is 0 Å². The van der Waals surface area contributed by atoms with E-state index < -0.39 is 0 Å². The molecule has 19 heavy (non-hydrogen) atoms. The molecule has 0 bridgehead atoms. The van der Waals surface area contributed by atoms with Gasteiger partial charge in [0.2, 0.25) is 0 Å². The molecule has 0 aromatic heterocycles. The second-order valence-electron chi connectivity index (χ2n) is 5.80. The van der Waals surface area contributed by atoms with Crippen molar-refractivity contribution in [3.05, 3.63) is 34.3 Å². The smallest absolute Gasteiger partial charge is 0.0467 e. The third-order valence-electron chi connectivity index (χ3n) is 3.49. The van der Waals surface area contributed by atoms with Crippen LogP contribution in [0.25, 0.3) is 0 Å². The maximum atomic E-state index is 5.18.